The van der Waals surface area contributed by atoms with Crippen LogP contribution in [-0.2, 0) is 30.3 Å². The van der Waals surface area contributed by atoms with Crippen molar-refractivity contribution in [2.24, 2.45) is 5.92 Å². The second kappa shape index (κ2) is 8.19. The van der Waals surface area contributed by atoms with E-state index in [4.69, 9.17) is 19.9 Å². The van der Waals surface area contributed by atoms with Crippen molar-refractivity contribution in [1.82, 2.24) is 19.1 Å². The zero-order valence-electron chi connectivity index (χ0n) is 16.8. The monoisotopic (exact) mass is 407 g/mol. The standard InChI is InChI=1S/C18H25N5O6/c1-9(2)8-22-12-7-20-17(19)21-15(12)23(18(22)26)16-13(28-10(3)24)5-11(29-16)6-14(25)27-4/h7,9,11,13,16H,5-6,8H2,1-4H3,(H2,19,20,21)/t11-,13+,16+/m0/s1. The number of rotatable bonds is 6. The number of carbonyl (C=O) groups excluding carboxylic acids is 2. The van der Waals surface area contributed by atoms with Gasteiger partial charge in [0.25, 0.3) is 0 Å². The fourth-order valence-corrected chi connectivity index (χ4v) is 3.51. The molecule has 0 spiro atoms. The van der Waals surface area contributed by atoms with Crippen LogP contribution in [0.3, 0.4) is 0 Å². The predicted molar refractivity (Wildman–Crippen MR) is 102 cm³/mol. The number of ether oxygens (including phenoxy) is 3. The second-order valence-electron chi connectivity index (χ2n) is 7.41. The van der Waals surface area contributed by atoms with Gasteiger partial charge in [-0.2, -0.15) is 4.98 Å². The van der Waals surface area contributed by atoms with Crippen molar-refractivity contribution in [1.29, 1.82) is 0 Å². The van der Waals surface area contributed by atoms with Crippen molar-refractivity contribution in [3.8, 4) is 0 Å². The number of fused-ring (bicyclic) bond motifs is 1. The average molecular weight is 407 g/mol. The lowest BCUT2D eigenvalue weighted by molar-refractivity contribution is -0.153. The van der Waals surface area contributed by atoms with Gasteiger partial charge in [0.05, 0.1) is 25.8 Å². The predicted octanol–water partition coefficient (Wildman–Crippen LogP) is 0.613. The van der Waals surface area contributed by atoms with Crippen LogP contribution in [0, 0.1) is 5.92 Å². The summed E-state index contributed by atoms with van der Waals surface area (Å²) in [6.07, 6.45) is -0.601. The van der Waals surface area contributed by atoms with Gasteiger partial charge in [-0.1, -0.05) is 13.8 Å². The van der Waals surface area contributed by atoms with Crippen LogP contribution in [0.2, 0.25) is 0 Å². The minimum atomic E-state index is -0.953. The number of anilines is 1. The van der Waals surface area contributed by atoms with Crippen LogP contribution < -0.4 is 11.4 Å². The third kappa shape index (κ3) is 4.24. The lowest BCUT2D eigenvalue weighted by atomic mass is 10.1. The Hall–Kier alpha value is -2.95. The number of nitrogens with zero attached hydrogens (tertiary/aromatic N) is 4. The molecule has 1 fully saturated rings. The lowest BCUT2D eigenvalue weighted by Gasteiger charge is -2.19. The number of carbonyl (C=O) groups is 2. The molecule has 3 heterocycles. The van der Waals surface area contributed by atoms with Gasteiger partial charge in [-0.05, 0) is 5.92 Å². The van der Waals surface area contributed by atoms with Crippen LogP contribution in [-0.4, -0.2) is 50.4 Å². The molecule has 1 aliphatic rings. The Labute approximate surface area is 166 Å². The molecule has 0 radical (unpaired) electrons. The van der Waals surface area contributed by atoms with Gasteiger partial charge in [0.15, 0.2) is 11.9 Å². The molecule has 29 heavy (non-hydrogen) atoms. The summed E-state index contributed by atoms with van der Waals surface area (Å²) in [4.78, 5) is 44.7. The highest BCUT2D eigenvalue weighted by molar-refractivity contribution is 5.72. The Balaban J connectivity index is 2.09. The topological polar surface area (TPSA) is 141 Å². The first kappa shape index (κ1) is 20.8. The number of hydrogen-bond donors (Lipinski definition) is 1. The van der Waals surface area contributed by atoms with Crippen LogP contribution in [0.5, 0.6) is 0 Å². The number of esters is 2. The molecular formula is C18H25N5O6. The molecule has 0 bridgehead atoms. The summed E-state index contributed by atoms with van der Waals surface area (Å²) in [5, 5.41) is 0. The van der Waals surface area contributed by atoms with Crippen molar-refractivity contribution >= 4 is 29.1 Å². The highest BCUT2D eigenvalue weighted by Gasteiger charge is 2.42. The number of methoxy groups -OCH3 is 1. The maximum absolute atomic E-state index is 13.2. The fourth-order valence-electron chi connectivity index (χ4n) is 3.51. The molecule has 0 unspecified atom stereocenters. The Morgan fingerprint density at radius 1 is 1.41 bits per heavy atom. The van der Waals surface area contributed by atoms with Crippen LogP contribution in [0.1, 0.15) is 39.8 Å². The third-order valence-corrected chi connectivity index (χ3v) is 4.61. The molecule has 0 aromatic carbocycles. The highest BCUT2D eigenvalue weighted by Crippen LogP contribution is 2.34. The molecule has 11 heteroatoms. The zero-order chi connectivity index (χ0) is 21.3. The molecule has 1 saturated heterocycles. The van der Waals surface area contributed by atoms with Crippen LogP contribution in [0.15, 0.2) is 11.0 Å². The molecular weight excluding hydrogens is 382 g/mol. The largest absolute Gasteiger partial charge is 0.469 e. The van der Waals surface area contributed by atoms with Gasteiger partial charge < -0.3 is 19.9 Å². The zero-order valence-corrected chi connectivity index (χ0v) is 16.8. The Kier molecular flexibility index (Phi) is 5.87. The van der Waals surface area contributed by atoms with Crippen molar-refractivity contribution < 1.29 is 23.8 Å². The Bertz CT molecular complexity index is 981. The van der Waals surface area contributed by atoms with Crippen LogP contribution in [0.25, 0.3) is 11.2 Å². The minimum Gasteiger partial charge on any atom is -0.469 e. The summed E-state index contributed by atoms with van der Waals surface area (Å²) in [6, 6.07) is 0. The molecule has 2 aromatic heterocycles. The molecule has 0 amide bonds. The number of aromatic nitrogens is 4. The minimum absolute atomic E-state index is 0.00101. The molecule has 1 aliphatic heterocycles. The van der Waals surface area contributed by atoms with E-state index < -0.39 is 30.4 Å². The maximum Gasteiger partial charge on any atom is 0.332 e. The van der Waals surface area contributed by atoms with Gasteiger partial charge in [-0.3, -0.25) is 14.2 Å². The van der Waals surface area contributed by atoms with Gasteiger partial charge in [0, 0.05) is 19.9 Å². The number of hydrogen-bond acceptors (Lipinski definition) is 9. The highest BCUT2D eigenvalue weighted by atomic mass is 16.6. The summed E-state index contributed by atoms with van der Waals surface area (Å²) < 4.78 is 18.9. The molecule has 2 aromatic rings. The maximum atomic E-state index is 13.2. The Morgan fingerprint density at radius 3 is 2.76 bits per heavy atom. The van der Waals surface area contributed by atoms with Crippen molar-refractivity contribution in [2.45, 2.75) is 58.6 Å². The van der Waals surface area contributed by atoms with E-state index in [1.807, 2.05) is 13.8 Å². The third-order valence-electron chi connectivity index (χ3n) is 4.61. The van der Waals surface area contributed by atoms with E-state index in [9.17, 15) is 14.4 Å². The van der Waals surface area contributed by atoms with Gasteiger partial charge in [-0.25, -0.2) is 14.3 Å². The second-order valence-corrected chi connectivity index (χ2v) is 7.41. The number of nitrogen functional groups attached to an aromatic ring is 1. The summed E-state index contributed by atoms with van der Waals surface area (Å²) in [6.45, 7) is 5.67. The van der Waals surface area contributed by atoms with E-state index in [0.29, 0.717) is 12.1 Å². The molecule has 11 nitrogen and oxygen atoms in total. The first-order chi connectivity index (χ1) is 13.7. The van der Waals surface area contributed by atoms with E-state index in [-0.39, 0.29) is 36.0 Å². The fraction of sp³-hybridized carbons (Fsp3) is 0.611. The summed E-state index contributed by atoms with van der Waals surface area (Å²) >= 11 is 0. The molecule has 2 N–H and O–H groups in total. The van der Waals surface area contributed by atoms with Gasteiger partial charge in [-0.15, -0.1) is 0 Å². The smallest absolute Gasteiger partial charge is 0.332 e. The number of imidazole rings is 1. The van der Waals surface area contributed by atoms with E-state index in [1.165, 1.54) is 24.8 Å². The van der Waals surface area contributed by atoms with Gasteiger partial charge >= 0.3 is 17.6 Å². The van der Waals surface area contributed by atoms with Crippen molar-refractivity contribution in [3.63, 3.8) is 0 Å². The normalized spacial score (nSPS) is 21.6. The first-order valence-electron chi connectivity index (χ1n) is 9.34. The summed E-state index contributed by atoms with van der Waals surface area (Å²) in [7, 11) is 1.28. The molecule has 3 atom stereocenters. The lowest BCUT2D eigenvalue weighted by Crippen LogP contribution is -2.34. The van der Waals surface area contributed by atoms with Gasteiger partial charge in [0.1, 0.15) is 11.6 Å². The van der Waals surface area contributed by atoms with Crippen LogP contribution >= 0.6 is 0 Å². The molecule has 158 valence electrons. The van der Waals surface area contributed by atoms with Crippen molar-refractivity contribution in [3.05, 3.63) is 16.7 Å². The van der Waals surface area contributed by atoms with E-state index >= 15 is 0 Å². The van der Waals surface area contributed by atoms with Crippen LogP contribution in [0.4, 0.5) is 5.95 Å². The number of nitrogens with two attached hydrogens (primary N) is 1. The Morgan fingerprint density at radius 2 is 2.14 bits per heavy atom. The summed E-state index contributed by atoms with van der Waals surface area (Å²) in [5.41, 5.74) is 6.15. The van der Waals surface area contributed by atoms with E-state index in [2.05, 4.69) is 9.97 Å². The van der Waals surface area contributed by atoms with Crippen molar-refractivity contribution in [2.75, 3.05) is 12.8 Å². The SMILES string of the molecule is COC(=O)C[C@@H]1C[C@@H](OC(C)=O)[C@H](n2c(=O)n(CC(C)C)c3cnc(N)nc32)O1. The molecule has 0 saturated carbocycles. The molecule has 0 aliphatic carbocycles. The molecule has 3 rings (SSSR count). The van der Waals surface area contributed by atoms with E-state index in [1.54, 1.807) is 4.57 Å². The summed E-state index contributed by atoms with van der Waals surface area (Å²) in [5.74, 6) is -0.792. The first-order valence-corrected chi connectivity index (χ1v) is 9.34. The quantitative estimate of drug-likeness (QED) is 0.682. The average Bonchev–Trinajstić information content (AvgIpc) is 3.12. The van der Waals surface area contributed by atoms with Gasteiger partial charge in [0.2, 0.25) is 5.95 Å². The van der Waals surface area contributed by atoms with E-state index in [0.717, 1.165) is 0 Å².